The Hall–Kier alpha value is -3.43. The van der Waals surface area contributed by atoms with Crippen molar-refractivity contribution >= 4 is 23.3 Å². The Labute approximate surface area is 161 Å². The standard InChI is InChI=1S/C18H22N6O4/c1-13-17(24(27)28)14(2)23(20-13)12-16(25)21-8-10-22(11-9-21)18(26)19-15-6-4-3-5-7-15/h3-7H,8-12H2,1-2H3,(H,19,26). The Morgan fingerprint density at radius 1 is 1.11 bits per heavy atom. The number of hydrogen-bond donors (Lipinski definition) is 1. The normalized spacial score (nSPS) is 14.1. The van der Waals surface area contributed by atoms with Gasteiger partial charge in [-0.05, 0) is 26.0 Å². The first-order valence-corrected chi connectivity index (χ1v) is 8.94. The number of nitro groups is 1. The van der Waals surface area contributed by atoms with Gasteiger partial charge in [-0.3, -0.25) is 19.6 Å². The lowest BCUT2D eigenvalue weighted by atomic mass is 10.3. The van der Waals surface area contributed by atoms with Gasteiger partial charge in [-0.1, -0.05) is 18.2 Å². The van der Waals surface area contributed by atoms with E-state index in [0.717, 1.165) is 5.69 Å². The Morgan fingerprint density at radius 3 is 2.29 bits per heavy atom. The Kier molecular flexibility index (Phi) is 5.57. The van der Waals surface area contributed by atoms with Gasteiger partial charge in [0, 0.05) is 31.9 Å². The van der Waals surface area contributed by atoms with Crippen LogP contribution in [0.4, 0.5) is 16.2 Å². The molecular weight excluding hydrogens is 364 g/mol. The number of carbonyl (C=O) groups excluding carboxylic acids is 2. The maximum Gasteiger partial charge on any atom is 0.321 e. The van der Waals surface area contributed by atoms with Crippen LogP contribution < -0.4 is 5.32 Å². The second kappa shape index (κ2) is 8.07. The number of para-hydroxylation sites is 1. The van der Waals surface area contributed by atoms with E-state index in [1.165, 1.54) is 4.68 Å². The summed E-state index contributed by atoms with van der Waals surface area (Å²) in [6.07, 6.45) is 0. The number of hydrogen-bond acceptors (Lipinski definition) is 5. The fourth-order valence-electron chi connectivity index (χ4n) is 3.22. The first-order chi connectivity index (χ1) is 13.4. The average molecular weight is 386 g/mol. The molecule has 1 aromatic heterocycles. The number of anilines is 1. The minimum absolute atomic E-state index is 0.0588. The van der Waals surface area contributed by atoms with E-state index >= 15 is 0 Å². The van der Waals surface area contributed by atoms with Crippen LogP contribution in [0.25, 0.3) is 0 Å². The van der Waals surface area contributed by atoms with Crippen molar-refractivity contribution in [3.05, 3.63) is 51.8 Å². The van der Waals surface area contributed by atoms with Gasteiger partial charge in [-0.25, -0.2) is 4.79 Å². The minimum atomic E-state index is -0.483. The van der Waals surface area contributed by atoms with Crippen molar-refractivity contribution in [2.75, 3.05) is 31.5 Å². The van der Waals surface area contributed by atoms with E-state index in [4.69, 9.17) is 0 Å². The number of aromatic nitrogens is 2. The molecule has 2 aromatic rings. The van der Waals surface area contributed by atoms with E-state index in [-0.39, 0.29) is 29.9 Å². The first kappa shape index (κ1) is 19.3. The van der Waals surface area contributed by atoms with E-state index < -0.39 is 4.92 Å². The molecule has 0 spiro atoms. The SMILES string of the molecule is Cc1nn(CC(=O)N2CCN(C(=O)Nc3ccccc3)CC2)c(C)c1[N+](=O)[O-]. The van der Waals surface area contributed by atoms with Crippen LogP contribution in [0.5, 0.6) is 0 Å². The van der Waals surface area contributed by atoms with Crippen molar-refractivity contribution in [1.29, 1.82) is 0 Å². The zero-order chi connectivity index (χ0) is 20.3. The van der Waals surface area contributed by atoms with Crippen LogP contribution in [0.15, 0.2) is 30.3 Å². The second-order valence-corrected chi connectivity index (χ2v) is 6.60. The van der Waals surface area contributed by atoms with Crippen molar-refractivity contribution in [3.8, 4) is 0 Å². The summed E-state index contributed by atoms with van der Waals surface area (Å²) in [4.78, 5) is 38.8. The number of amides is 3. The molecule has 3 rings (SSSR count). The highest BCUT2D eigenvalue weighted by atomic mass is 16.6. The quantitative estimate of drug-likeness (QED) is 0.636. The first-order valence-electron chi connectivity index (χ1n) is 8.94. The molecule has 1 aromatic carbocycles. The van der Waals surface area contributed by atoms with E-state index in [0.29, 0.717) is 31.9 Å². The third-order valence-electron chi connectivity index (χ3n) is 4.76. The van der Waals surface area contributed by atoms with Gasteiger partial charge in [-0.15, -0.1) is 0 Å². The van der Waals surface area contributed by atoms with E-state index in [2.05, 4.69) is 10.4 Å². The summed E-state index contributed by atoms with van der Waals surface area (Å²) in [6, 6.07) is 8.98. The predicted octanol–water partition coefficient (Wildman–Crippen LogP) is 1.78. The summed E-state index contributed by atoms with van der Waals surface area (Å²) in [6.45, 7) is 4.72. The summed E-state index contributed by atoms with van der Waals surface area (Å²) < 4.78 is 1.37. The Bertz CT molecular complexity index is 887. The molecule has 3 amide bonds. The monoisotopic (exact) mass is 386 g/mol. The number of rotatable bonds is 4. The molecule has 0 unspecified atom stereocenters. The molecule has 0 bridgehead atoms. The molecule has 1 saturated heterocycles. The molecule has 1 fully saturated rings. The Balaban J connectivity index is 1.55. The zero-order valence-electron chi connectivity index (χ0n) is 15.8. The van der Waals surface area contributed by atoms with Crippen LogP contribution in [0.2, 0.25) is 0 Å². The third-order valence-corrected chi connectivity index (χ3v) is 4.76. The summed E-state index contributed by atoms with van der Waals surface area (Å²) >= 11 is 0. The highest BCUT2D eigenvalue weighted by Crippen LogP contribution is 2.21. The van der Waals surface area contributed by atoms with Crippen LogP contribution in [0.3, 0.4) is 0 Å². The number of aryl methyl sites for hydroxylation is 1. The van der Waals surface area contributed by atoms with Gasteiger partial charge in [-0.2, -0.15) is 5.10 Å². The van der Waals surface area contributed by atoms with Crippen molar-refractivity contribution in [3.63, 3.8) is 0 Å². The molecule has 0 atom stereocenters. The maximum absolute atomic E-state index is 12.6. The molecular formula is C18H22N6O4. The largest absolute Gasteiger partial charge is 0.338 e. The molecule has 1 aliphatic heterocycles. The van der Waals surface area contributed by atoms with E-state index in [1.54, 1.807) is 23.6 Å². The van der Waals surface area contributed by atoms with Gasteiger partial charge in [0.05, 0.1) is 4.92 Å². The lowest BCUT2D eigenvalue weighted by Gasteiger charge is -2.34. The molecule has 148 valence electrons. The summed E-state index contributed by atoms with van der Waals surface area (Å²) in [5.74, 6) is -0.177. The fourth-order valence-corrected chi connectivity index (χ4v) is 3.22. The van der Waals surface area contributed by atoms with E-state index in [1.807, 2.05) is 30.3 Å². The third kappa shape index (κ3) is 4.11. The molecule has 1 aliphatic rings. The molecule has 1 N–H and O–H groups in total. The highest BCUT2D eigenvalue weighted by molar-refractivity contribution is 5.89. The predicted molar refractivity (Wildman–Crippen MR) is 102 cm³/mol. The van der Waals surface area contributed by atoms with Gasteiger partial charge in [0.1, 0.15) is 17.9 Å². The topological polar surface area (TPSA) is 114 Å². The van der Waals surface area contributed by atoms with Crippen molar-refractivity contribution in [1.82, 2.24) is 19.6 Å². The number of benzene rings is 1. The van der Waals surface area contributed by atoms with Crippen molar-refractivity contribution < 1.29 is 14.5 Å². The fraction of sp³-hybridized carbons (Fsp3) is 0.389. The molecule has 10 nitrogen and oxygen atoms in total. The van der Waals surface area contributed by atoms with Crippen LogP contribution >= 0.6 is 0 Å². The highest BCUT2D eigenvalue weighted by Gasteiger charge is 2.27. The Morgan fingerprint density at radius 2 is 1.71 bits per heavy atom. The van der Waals surface area contributed by atoms with Gasteiger partial charge >= 0.3 is 11.7 Å². The van der Waals surface area contributed by atoms with Gasteiger partial charge in [0.15, 0.2) is 0 Å². The van der Waals surface area contributed by atoms with Crippen molar-refractivity contribution in [2.24, 2.45) is 0 Å². The zero-order valence-corrected chi connectivity index (χ0v) is 15.8. The lowest BCUT2D eigenvalue weighted by Crippen LogP contribution is -2.52. The number of piperazine rings is 1. The summed E-state index contributed by atoms with van der Waals surface area (Å²) in [5.41, 5.74) is 1.31. The molecule has 0 saturated carbocycles. The van der Waals surface area contributed by atoms with Crippen molar-refractivity contribution in [2.45, 2.75) is 20.4 Å². The van der Waals surface area contributed by atoms with Crippen LogP contribution in [-0.2, 0) is 11.3 Å². The number of urea groups is 1. The molecule has 0 radical (unpaired) electrons. The number of nitrogens with zero attached hydrogens (tertiary/aromatic N) is 5. The molecule has 2 heterocycles. The van der Waals surface area contributed by atoms with Gasteiger partial charge < -0.3 is 15.1 Å². The summed E-state index contributed by atoms with van der Waals surface area (Å²) in [7, 11) is 0. The molecule has 0 aliphatic carbocycles. The van der Waals surface area contributed by atoms with E-state index in [9.17, 15) is 19.7 Å². The average Bonchev–Trinajstić information content (AvgIpc) is 2.96. The minimum Gasteiger partial charge on any atom is -0.338 e. The maximum atomic E-state index is 12.6. The van der Waals surface area contributed by atoms with Crippen LogP contribution in [-0.4, -0.2) is 62.6 Å². The number of nitrogens with one attached hydrogen (secondary N) is 1. The smallest absolute Gasteiger partial charge is 0.321 e. The van der Waals surface area contributed by atoms with Crippen LogP contribution in [0.1, 0.15) is 11.4 Å². The summed E-state index contributed by atoms with van der Waals surface area (Å²) in [5, 5.41) is 18.0. The number of carbonyl (C=O) groups is 2. The molecule has 10 heteroatoms. The van der Waals surface area contributed by atoms with Gasteiger partial charge in [0.2, 0.25) is 5.91 Å². The molecule has 28 heavy (non-hydrogen) atoms. The van der Waals surface area contributed by atoms with Crippen LogP contribution in [0, 0.1) is 24.0 Å². The van der Waals surface area contributed by atoms with Gasteiger partial charge in [0.25, 0.3) is 0 Å². The second-order valence-electron chi connectivity index (χ2n) is 6.60. The lowest BCUT2D eigenvalue weighted by molar-refractivity contribution is -0.386.